The van der Waals surface area contributed by atoms with Gasteiger partial charge in [-0.05, 0) is 0 Å². The third-order valence-electron chi connectivity index (χ3n) is 4.01. The van der Waals surface area contributed by atoms with Gasteiger partial charge in [0.15, 0.2) is 0 Å². The van der Waals surface area contributed by atoms with E-state index in [1.165, 1.54) is 5.56 Å². The van der Waals surface area contributed by atoms with Crippen LogP contribution in [0.15, 0.2) is 18.2 Å². The van der Waals surface area contributed by atoms with Crippen molar-refractivity contribution < 1.29 is 0 Å². The van der Waals surface area contributed by atoms with Crippen molar-refractivity contribution in [3.8, 4) is 0 Å². The monoisotopic (exact) mass is 326 g/mol. The molecule has 1 aromatic carbocycles. The van der Waals surface area contributed by atoms with E-state index < -0.39 is 26.5 Å². The molecule has 0 fully saturated rings. The van der Waals surface area contributed by atoms with Crippen LogP contribution in [0.2, 0.25) is 33.5 Å². The van der Waals surface area contributed by atoms with Crippen molar-refractivity contribution in [1.29, 1.82) is 0 Å². The first-order valence-electron chi connectivity index (χ1n) is 5.95. The molecular formula is C13H22Ge2. The number of aryl methyl sites for hydroxylation is 1. The summed E-state index contributed by atoms with van der Waals surface area (Å²) in [5.41, 5.74) is 1.47. The van der Waals surface area contributed by atoms with E-state index in [1.54, 1.807) is 10.5 Å². The molecular weight excluding hydrogens is 301 g/mol. The van der Waals surface area contributed by atoms with E-state index >= 15 is 0 Å². The predicted molar refractivity (Wildman–Crippen MR) is 75.0 cm³/mol. The van der Waals surface area contributed by atoms with Gasteiger partial charge in [0.25, 0.3) is 0 Å². The molecule has 2 heteroatoms. The van der Waals surface area contributed by atoms with E-state index in [0.717, 1.165) is 0 Å². The number of rotatable bonds is 0. The predicted octanol–water partition coefficient (Wildman–Crippen LogP) is 2.84. The van der Waals surface area contributed by atoms with Gasteiger partial charge in [-0.3, -0.25) is 0 Å². The Labute approximate surface area is 99.2 Å². The summed E-state index contributed by atoms with van der Waals surface area (Å²) in [6.45, 7) is 2.24. The van der Waals surface area contributed by atoms with Gasteiger partial charge in [-0.25, -0.2) is 0 Å². The minimum absolute atomic E-state index is 1.47. The molecule has 0 spiro atoms. The second-order valence-electron chi connectivity index (χ2n) is 6.32. The van der Waals surface area contributed by atoms with Crippen LogP contribution < -0.4 is 8.79 Å². The minimum atomic E-state index is -1.61. The maximum atomic E-state index is 2.59. The normalized spacial score (nSPS) is 22.2. The molecule has 0 atom stereocenters. The van der Waals surface area contributed by atoms with Crippen molar-refractivity contribution in [2.75, 3.05) is 0 Å². The van der Waals surface area contributed by atoms with Crippen LogP contribution in [0.3, 0.4) is 0 Å². The molecule has 0 amide bonds. The molecule has 0 aliphatic carbocycles. The Hall–Kier alpha value is 0.306. The fourth-order valence-corrected chi connectivity index (χ4v) is 33.3. The van der Waals surface area contributed by atoms with Crippen molar-refractivity contribution in [1.82, 2.24) is 0 Å². The fourth-order valence-electron chi connectivity index (χ4n) is 2.70. The molecule has 1 aliphatic heterocycles. The van der Waals surface area contributed by atoms with E-state index in [0.29, 0.717) is 0 Å². The Balaban J connectivity index is 2.64. The van der Waals surface area contributed by atoms with Gasteiger partial charge in [0.2, 0.25) is 0 Å². The van der Waals surface area contributed by atoms with Crippen LogP contribution in [0.25, 0.3) is 0 Å². The van der Waals surface area contributed by atoms with Crippen LogP contribution in [-0.4, -0.2) is 26.5 Å². The first-order chi connectivity index (χ1) is 6.83. The van der Waals surface area contributed by atoms with Gasteiger partial charge >= 0.3 is 99.5 Å². The van der Waals surface area contributed by atoms with Crippen molar-refractivity contribution in [3.63, 3.8) is 0 Å². The van der Waals surface area contributed by atoms with Gasteiger partial charge in [0.1, 0.15) is 0 Å². The van der Waals surface area contributed by atoms with Crippen molar-refractivity contribution in [2.24, 2.45) is 0 Å². The first-order valence-corrected chi connectivity index (χ1v) is 19.4. The standard InChI is InChI=1S/C13H22Ge2/c1-11-6-7-12-13(10-11)15(4,5)9-8-14(12,2)3/h6-7,10H,8-9H2,1-5H3. The Kier molecular flexibility index (Phi) is 2.87. The maximum absolute atomic E-state index is 2.59. The molecule has 2 rings (SSSR count). The summed E-state index contributed by atoms with van der Waals surface area (Å²) in [5, 5.41) is 3.15. The average molecular weight is 324 g/mol. The number of benzene rings is 1. The van der Waals surface area contributed by atoms with Gasteiger partial charge in [-0.2, -0.15) is 0 Å². The summed E-state index contributed by atoms with van der Waals surface area (Å²) in [4.78, 5) is 0. The zero-order valence-corrected chi connectivity index (χ0v) is 14.8. The molecule has 0 nitrogen and oxygen atoms in total. The van der Waals surface area contributed by atoms with Gasteiger partial charge in [0, 0.05) is 0 Å². The van der Waals surface area contributed by atoms with Crippen LogP contribution in [0, 0.1) is 6.92 Å². The number of hydrogen-bond donors (Lipinski definition) is 0. The van der Waals surface area contributed by atoms with E-state index in [4.69, 9.17) is 0 Å². The average Bonchev–Trinajstić information content (AvgIpc) is 2.13. The van der Waals surface area contributed by atoms with Gasteiger partial charge in [-0.15, -0.1) is 0 Å². The van der Waals surface area contributed by atoms with Crippen molar-refractivity contribution >= 4 is 35.3 Å². The third-order valence-corrected chi connectivity index (χ3v) is 21.5. The Morgan fingerprint density at radius 2 is 1.40 bits per heavy atom. The SMILES string of the molecule is Cc1cc[c]2[c](c1)[Ge]([CH3])([CH3])[CH2][CH2][Ge]2([CH3])[CH3]. The fraction of sp³-hybridized carbons (Fsp3) is 0.538. The van der Waals surface area contributed by atoms with Crippen LogP contribution in [0.5, 0.6) is 0 Å². The van der Waals surface area contributed by atoms with Crippen LogP contribution in [0.4, 0.5) is 0 Å². The summed E-state index contributed by atoms with van der Waals surface area (Å²) < 4.78 is 3.67. The number of hydrogen-bond acceptors (Lipinski definition) is 0. The summed E-state index contributed by atoms with van der Waals surface area (Å²) in [6.07, 6.45) is 0. The Morgan fingerprint density at radius 1 is 0.867 bits per heavy atom. The summed E-state index contributed by atoms with van der Waals surface area (Å²) >= 11 is -3.20. The van der Waals surface area contributed by atoms with Gasteiger partial charge in [0.05, 0.1) is 0 Å². The van der Waals surface area contributed by atoms with E-state index in [9.17, 15) is 0 Å². The molecule has 0 bridgehead atoms. The summed E-state index contributed by atoms with van der Waals surface area (Å²) in [5.74, 6) is 10.4. The van der Waals surface area contributed by atoms with E-state index in [2.05, 4.69) is 48.1 Å². The molecule has 1 aromatic rings. The Morgan fingerprint density at radius 3 is 2.00 bits per heavy atom. The third kappa shape index (κ3) is 2.08. The summed E-state index contributed by atoms with van der Waals surface area (Å²) in [6, 6.07) is 7.31. The molecule has 1 heterocycles. The van der Waals surface area contributed by atoms with E-state index in [1.807, 2.05) is 8.79 Å². The summed E-state index contributed by atoms with van der Waals surface area (Å²) in [7, 11) is 0. The molecule has 0 N–H and O–H groups in total. The quantitative estimate of drug-likeness (QED) is 0.644. The van der Waals surface area contributed by atoms with Gasteiger partial charge in [-0.1, -0.05) is 0 Å². The van der Waals surface area contributed by atoms with Gasteiger partial charge < -0.3 is 0 Å². The second kappa shape index (κ2) is 3.66. The molecule has 0 saturated heterocycles. The van der Waals surface area contributed by atoms with E-state index in [-0.39, 0.29) is 0 Å². The molecule has 15 heavy (non-hydrogen) atoms. The number of fused-ring (bicyclic) bond motifs is 1. The molecule has 0 saturated carbocycles. The zero-order valence-electron chi connectivity index (χ0n) is 10.6. The first kappa shape index (κ1) is 11.8. The molecule has 1 aliphatic rings. The van der Waals surface area contributed by atoms with Crippen LogP contribution in [0.1, 0.15) is 5.56 Å². The molecule has 0 unspecified atom stereocenters. The molecule has 82 valence electrons. The molecule has 0 radical (unpaired) electrons. The van der Waals surface area contributed by atoms with Crippen LogP contribution >= 0.6 is 0 Å². The van der Waals surface area contributed by atoms with Crippen molar-refractivity contribution in [2.45, 2.75) is 40.5 Å². The second-order valence-corrected chi connectivity index (χ2v) is 26.5. The Bertz CT molecular complexity index is 392. The topological polar surface area (TPSA) is 0 Å². The van der Waals surface area contributed by atoms with Crippen LogP contribution in [-0.2, 0) is 0 Å². The molecule has 0 aromatic heterocycles. The van der Waals surface area contributed by atoms with Crippen molar-refractivity contribution in [3.05, 3.63) is 23.8 Å². The zero-order chi connectivity index (χ0) is 11.3.